The summed E-state index contributed by atoms with van der Waals surface area (Å²) in [5, 5.41) is 0. The Balaban J connectivity index is 2.56. The summed E-state index contributed by atoms with van der Waals surface area (Å²) < 4.78 is 14.6. The molecule has 1 heterocycles. The van der Waals surface area contributed by atoms with Gasteiger partial charge in [0.1, 0.15) is 5.75 Å². The highest BCUT2D eigenvalue weighted by atomic mass is 16.5. The van der Waals surface area contributed by atoms with Gasteiger partial charge in [-0.3, -0.25) is 0 Å². The molecule has 1 aromatic carbocycles. The summed E-state index contributed by atoms with van der Waals surface area (Å²) >= 11 is 0. The highest BCUT2D eigenvalue weighted by molar-refractivity contribution is 5.97. The molecule has 0 amide bonds. The van der Waals surface area contributed by atoms with Crippen molar-refractivity contribution in [3.05, 3.63) is 41.2 Å². The van der Waals surface area contributed by atoms with E-state index < -0.39 is 11.9 Å². The molecule has 0 radical (unpaired) electrons. The van der Waals surface area contributed by atoms with Crippen LogP contribution in [0.4, 0.5) is 0 Å². The van der Waals surface area contributed by atoms with Crippen molar-refractivity contribution in [2.24, 2.45) is 0 Å². The van der Waals surface area contributed by atoms with E-state index in [2.05, 4.69) is 4.74 Å². The Morgan fingerprint density at radius 1 is 1.17 bits per heavy atom. The van der Waals surface area contributed by atoms with E-state index in [9.17, 15) is 9.59 Å². The molecule has 0 bridgehead atoms. The van der Waals surface area contributed by atoms with E-state index in [4.69, 9.17) is 9.47 Å². The van der Waals surface area contributed by atoms with Crippen LogP contribution in [0.25, 0.3) is 0 Å². The van der Waals surface area contributed by atoms with Gasteiger partial charge in [-0.25, -0.2) is 9.59 Å². The Labute approximate surface area is 104 Å². The molecule has 5 nitrogen and oxygen atoms in total. The molecule has 0 spiro atoms. The van der Waals surface area contributed by atoms with E-state index in [1.165, 1.54) is 26.5 Å². The summed E-state index contributed by atoms with van der Waals surface area (Å²) in [7, 11) is 2.57. The summed E-state index contributed by atoms with van der Waals surface area (Å²) in [6.07, 6.45) is 3.86. The molecule has 5 heteroatoms. The average Bonchev–Trinajstić information content (AvgIpc) is 2.44. The number of methoxy groups -OCH3 is 2. The van der Waals surface area contributed by atoms with Crippen LogP contribution in [0.3, 0.4) is 0 Å². The SMILES string of the molecule is COC(=O)c1cc2c(c(C(=O)OC)c1)CC=CO2. The maximum absolute atomic E-state index is 11.7. The lowest BCUT2D eigenvalue weighted by molar-refractivity contribution is 0.0597. The van der Waals surface area contributed by atoms with Crippen LogP contribution in [-0.4, -0.2) is 26.2 Å². The van der Waals surface area contributed by atoms with Gasteiger partial charge in [0.15, 0.2) is 0 Å². The van der Waals surface area contributed by atoms with Crippen molar-refractivity contribution in [3.63, 3.8) is 0 Å². The number of hydrogen-bond donors (Lipinski definition) is 0. The van der Waals surface area contributed by atoms with Crippen LogP contribution in [0.1, 0.15) is 26.3 Å². The van der Waals surface area contributed by atoms with Crippen LogP contribution in [-0.2, 0) is 15.9 Å². The first kappa shape index (κ1) is 12.2. The first-order chi connectivity index (χ1) is 8.67. The monoisotopic (exact) mass is 248 g/mol. The zero-order valence-corrected chi connectivity index (χ0v) is 10.1. The summed E-state index contributed by atoms with van der Waals surface area (Å²) in [4.78, 5) is 23.2. The second-order valence-corrected chi connectivity index (χ2v) is 3.68. The molecule has 0 saturated carbocycles. The molecule has 0 N–H and O–H groups in total. The van der Waals surface area contributed by atoms with Crippen LogP contribution in [0, 0.1) is 0 Å². The van der Waals surface area contributed by atoms with Gasteiger partial charge in [-0.2, -0.15) is 0 Å². The minimum atomic E-state index is -0.527. The zero-order chi connectivity index (χ0) is 13.1. The van der Waals surface area contributed by atoms with Crippen molar-refractivity contribution in [3.8, 4) is 5.75 Å². The van der Waals surface area contributed by atoms with Gasteiger partial charge in [-0.15, -0.1) is 0 Å². The van der Waals surface area contributed by atoms with E-state index in [0.29, 0.717) is 23.3 Å². The molecular weight excluding hydrogens is 236 g/mol. The molecule has 0 aliphatic carbocycles. The van der Waals surface area contributed by atoms with Crippen molar-refractivity contribution >= 4 is 11.9 Å². The fourth-order valence-electron chi connectivity index (χ4n) is 1.78. The van der Waals surface area contributed by atoms with E-state index in [1.807, 2.05) is 0 Å². The summed E-state index contributed by atoms with van der Waals surface area (Å²) in [6, 6.07) is 3.01. The number of fused-ring (bicyclic) bond motifs is 1. The highest BCUT2D eigenvalue weighted by Crippen LogP contribution is 2.29. The van der Waals surface area contributed by atoms with E-state index in [1.54, 1.807) is 12.1 Å². The van der Waals surface area contributed by atoms with Gasteiger partial charge in [0, 0.05) is 5.56 Å². The number of carbonyl (C=O) groups is 2. The Morgan fingerprint density at radius 3 is 2.56 bits per heavy atom. The minimum absolute atomic E-state index is 0.256. The zero-order valence-electron chi connectivity index (χ0n) is 10.1. The normalized spacial score (nSPS) is 12.3. The second kappa shape index (κ2) is 4.91. The first-order valence-corrected chi connectivity index (χ1v) is 5.32. The Bertz CT molecular complexity index is 530. The summed E-state index contributed by atoms with van der Waals surface area (Å²) in [5.41, 5.74) is 1.28. The van der Waals surface area contributed by atoms with Gasteiger partial charge in [0.25, 0.3) is 0 Å². The maximum Gasteiger partial charge on any atom is 0.338 e. The smallest absolute Gasteiger partial charge is 0.338 e. The fraction of sp³-hybridized carbons (Fsp3) is 0.231. The number of esters is 2. The molecule has 0 atom stereocenters. The standard InChI is InChI=1S/C13H12O5/c1-16-12(14)8-6-10(13(15)17-2)9-4-3-5-18-11(9)7-8/h3,5-7H,4H2,1-2H3. The third kappa shape index (κ3) is 2.07. The molecule has 1 aliphatic rings. The van der Waals surface area contributed by atoms with Crippen molar-refractivity contribution in [1.29, 1.82) is 0 Å². The molecule has 1 aliphatic heterocycles. The number of allylic oxidation sites excluding steroid dienone is 1. The lowest BCUT2D eigenvalue weighted by Crippen LogP contribution is -2.12. The molecule has 2 rings (SSSR count). The fourth-order valence-corrected chi connectivity index (χ4v) is 1.78. The van der Waals surface area contributed by atoms with Crippen molar-refractivity contribution < 1.29 is 23.8 Å². The summed E-state index contributed by atoms with van der Waals surface area (Å²) in [5.74, 6) is -0.558. The second-order valence-electron chi connectivity index (χ2n) is 3.68. The summed E-state index contributed by atoms with van der Waals surface area (Å²) in [6.45, 7) is 0. The van der Waals surface area contributed by atoms with Gasteiger partial charge in [-0.05, 0) is 24.6 Å². The van der Waals surface area contributed by atoms with Crippen molar-refractivity contribution in [2.45, 2.75) is 6.42 Å². The Hall–Kier alpha value is -2.30. The van der Waals surface area contributed by atoms with Crippen LogP contribution in [0.15, 0.2) is 24.5 Å². The average molecular weight is 248 g/mol. The Morgan fingerprint density at radius 2 is 1.89 bits per heavy atom. The first-order valence-electron chi connectivity index (χ1n) is 5.32. The van der Waals surface area contributed by atoms with Gasteiger partial charge >= 0.3 is 11.9 Å². The lowest BCUT2D eigenvalue weighted by Gasteiger charge is -2.16. The minimum Gasteiger partial charge on any atom is -0.465 e. The van der Waals surface area contributed by atoms with Crippen LogP contribution >= 0.6 is 0 Å². The Kier molecular flexibility index (Phi) is 3.32. The number of ether oxygens (including phenoxy) is 3. The molecular formula is C13H12O5. The van der Waals surface area contributed by atoms with Crippen LogP contribution in [0.2, 0.25) is 0 Å². The number of hydrogen-bond acceptors (Lipinski definition) is 5. The molecule has 18 heavy (non-hydrogen) atoms. The molecule has 0 aromatic heterocycles. The number of carbonyl (C=O) groups excluding carboxylic acids is 2. The molecule has 0 saturated heterocycles. The van der Waals surface area contributed by atoms with Gasteiger partial charge < -0.3 is 14.2 Å². The third-order valence-electron chi connectivity index (χ3n) is 2.65. The van der Waals surface area contributed by atoms with Gasteiger partial charge in [-0.1, -0.05) is 0 Å². The number of benzene rings is 1. The van der Waals surface area contributed by atoms with Crippen molar-refractivity contribution in [2.75, 3.05) is 14.2 Å². The quantitative estimate of drug-likeness (QED) is 0.745. The van der Waals surface area contributed by atoms with Crippen LogP contribution < -0.4 is 4.74 Å². The maximum atomic E-state index is 11.7. The molecule has 0 fully saturated rings. The van der Waals surface area contributed by atoms with Crippen molar-refractivity contribution in [1.82, 2.24) is 0 Å². The molecule has 1 aromatic rings. The predicted molar refractivity (Wildman–Crippen MR) is 62.6 cm³/mol. The van der Waals surface area contributed by atoms with Gasteiger partial charge in [0.2, 0.25) is 0 Å². The molecule has 94 valence electrons. The predicted octanol–water partition coefficient (Wildman–Crippen LogP) is 1.71. The van der Waals surface area contributed by atoms with E-state index in [-0.39, 0.29) is 5.56 Å². The molecule has 0 unspecified atom stereocenters. The van der Waals surface area contributed by atoms with Gasteiger partial charge in [0.05, 0.1) is 31.6 Å². The van der Waals surface area contributed by atoms with E-state index >= 15 is 0 Å². The van der Waals surface area contributed by atoms with Crippen LogP contribution in [0.5, 0.6) is 5.75 Å². The largest absolute Gasteiger partial charge is 0.465 e. The highest BCUT2D eigenvalue weighted by Gasteiger charge is 2.21. The topological polar surface area (TPSA) is 61.8 Å². The lowest BCUT2D eigenvalue weighted by atomic mass is 9.99. The van der Waals surface area contributed by atoms with E-state index in [0.717, 1.165) is 0 Å². The third-order valence-corrected chi connectivity index (χ3v) is 2.65. The number of rotatable bonds is 2.